The van der Waals surface area contributed by atoms with Gasteiger partial charge in [0.1, 0.15) is 5.82 Å². The minimum absolute atomic E-state index is 0. The third-order valence-corrected chi connectivity index (χ3v) is 4.33. The van der Waals surface area contributed by atoms with Crippen molar-refractivity contribution in [3.05, 3.63) is 30.1 Å². The van der Waals surface area contributed by atoms with Gasteiger partial charge in [-0.1, -0.05) is 12.1 Å². The van der Waals surface area contributed by atoms with Crippen molar-refractivity contribution >= 4 is 30.0 Å². The number of halogens is 2. The van der Waals surface area contributed by atoms with Gasteiger partial charge in [0.25, 0.3) is 0 Å². The fraction of sp³-hybridized carbons (Fsp3) is 0.467. The maximum absolute atomic E-state index is 13.8. The highest BCUT2D eigenvalue weighted by Gasteiger charge is 2.41. The van der Waals surface area contributed by atoms with Crippen LogP contribution in [-0.2, 0) is 9.59 Å². The average Bonchev–Trinajstić information content (AvgIpc) is 3.06. The van der Waals surface area contributed by atoms with Crippen LogP contribution in [-0.4, -0.2) is 47.6 Å². The average molecular weight is 329 g/mol. The summed E-state index contributed by atoms with van der Waals surface area (Å²) in [7, 11) is 0. The molecule has 5 nitrogen and oxygen atoms in total. The Hall–Kier alpha value is -1.66. The molecule has 2 saturated heterocycles. The zero-order chi connectivity index (χ0) is 15.0. The number of para-hydroxylation sites is 1. The molecule has 1 aromatic carbocycles. The van der Waals surface area contributed by atoms with Gasteiger partial charge >= 0.3 is 5.97 Å². The van der Waals surface area contributed by atoms with Crippen molar-refractivity contribution in [1.82, 2.24) is 4.90 Å². The van der Waals surface area contributed by atoms with Gasteiger partial charge in [-0.2, -0.15) is 0 Å². The monoisotopic (exact) mass is 328 g/mol. The Labute approximate surface area is 134 Å². The first-order valence-electron chi connectivity index (χ1n) is 7.10. The molecule has 22 heavy (non-hydrogen) atoms. The summed E-state index contributed by atoms with van der Waals surface area (Å²) in [5.41, 5.74) is 0.305. The second kappa shape index (κ2) is 6.62. The van der Waals surface area contributed by atoms with Crippen LogP contribution in [0.1, 0.15) is 12.8 Å². The van der Waals surface area contributed by atoms with E-state index in [1.54, 1.807) is 18.2 Å². The van der Waals surface area contributed by atoms with Crippen LogP contribution in [0.4, 0.5) is 10.1 Å². The number of anilines is 1. The van der Waals surface area contributed by atoms with E-state index >= 15 is 0 Å². The van der Waals surface area contributed by atoms with Gasteiger partial charge in [0.15, 0.2) is 0 Å². The number of carbonyl (C=O) groups is 2. The van der Waals surface area contributed by atoms with Crippen LogP contribution in [0.25, 0.3) is 0 Å². The Balaban J connectivity index is 0.00000176. The Morgan fingerprint density at radius 3 is 2.59 bits per heavy atom. The van der Waals surface area contributed by atoms with Gasteiger partial charge in [-0.3, -0.25) is 14.5 Å². The van der Waals surface area contributed by atoms with E-state index in [9.17, 15) is 14.0 Å². The molecule has 0 aromatic heterocycles. The second-order valence-electron chi connectivity index (χ2n) is 5.56. The number of likely N-dealkylation sites (tertiary alicyclic amines) is 1. The van der Waals surface area contributed by atoms with E-state index in [1.807, 2.05) is 4.90 Å². The van der Waals surface area contributed by atoms with Gasteiger partial charge in [-0.25, -0.2) is 4.39 Å². The molecular weight excluding hydrogens is 311 g/mol. The topological polar surface area (TPSA) is 60.9 Å². The van der Waals surface area contributed by atoms with Crippen molar-refractivity contribution in [3.63, 3.8) is 0 Å². The molecule has 0 spiro atoms. The van der Waals surface area contributed by atoms with E-state index in [0.29, 0.717) is 38.2 Å². The van der Waals surface area contributed by atoms with Gasteiger partial charge in [0.2, 0.25) is 5.91 Å². The van der Waals surface area contributed by atoms with Crippen LogP contribution in [0.2, 0.25) is 0 Å². The molecule has 2 aliphatic heterocycles. The Kier molecular flexibility index (Phi) is 5.03. The van der Waals surface area contributed by atoms with E-state index < -0.39 is 17.7 Å². The molecule has 3 rings (SSSR count). The van der Waals surface area contributed by atoms with Crippen molar-refractivity contribution in [3.8, 4) is 0 Å². The lowest BCUT2D eigenvalue weighted by atomic mass is 10.1. The summed E-state index contributed by atoms with van der Waals surface area (Å²) in [6.07, 6.45) is 1.18. The first-order chi connectivity index (χ1) is 10.1. The molecule has 2 aliphatic rings. The van der Waals surface area contributed by atoms with Crippen LogP contribution in [0, 0.1) is 11.7 Å². The van der Waals surface area contributed by atoms with Gasteiger partial charge in [0, 0.05) is 13.1 Å². The molecule has 0 bridgehead atoms. The maximum atomic E-state index is 13.8. The van der Waals surface area contributed by atoms with E-state index in [2.05, 4.69) is 0 Å². The zero-order valence-corrected chi connectivity index (χ0v) is 12.8. The molecule has 120 valence electrons. The first-order valence-corrected chi connectivity index (χ1v) is 7.10. The fourth-order valence-electron chi connectivity index (χ4n) is 3.19. The first kappa shape index (κ1) is 16.7. The lowest BCUT2D eigenvalue weighted by Gasteiger charge is -2.23. The molecular formula is C15H18ClFN2O3. The standard InChI is InChI=1S/C15H17FN2O3.ClH/c16-11-3-1-2-4-12(11)18-8-6-13(14(18)19)17-7-5-10(9-17)15(20)21;/h1-4,10,13H,5-9H2,(H,20,21);1H. The Morgan fingerprint density at radius 2 is 1.95 bits per heavy atom. The van der Waals surface area contributed by atoms with Gasteiger partial charge in [0.05, 0.1) is 17.6 Å². The molecule has 1 N–H and O–H groups in total. The number of rotatable bonds is 3. The van der Waals surface area contributed by atoms with Gasteiger partial charge in [-0.05, 0) is 31.5 Å². The van der Waals surface area contributed by atoms with Crippen molar-refractivity contribution in [2.45, 2.75) is 18.9 Å². The summed E-state index contributed by atoms with van der Waals surface area (Å²) in [6, 6.07) is 5.91. The number of hydrogen-bond donors (Lipinski definition) is 1. The lowest BCUT2D eigenvalue weighted by Crippen LogP contribution is -2.41. The summed E-state index contributed by atoms with van der Waals surface area (Å²) in [4.78, 5) is 26.9. The van der Waals surface area contributed by atoms with Crippen LogP contribution < -0.4 is 4.90 Å². The van der Waals surface area contributed by atoms with Crippen molar-refractivity contribution in [2.75, 3.05) is 24.5 Å². The molecule has 2 heterocycles. The number of hydrogen-bond acceptors (Lipinski definition) is 3. The van der Waals surface area contributed by atoms with E-state index in [4.69, 9.17) is 5.11 Å². The second-order valence-corrected chi connectivity index (χ2v) is 5.56. The van der Waals surface area contributed by atoms with Crippen LogP contribution >= 0.6 is 12.4 Å². The number of benzene rings is 1. The summed E-state index contributed by atoms with van der Waals surface area (Å²) in [5, 5.41) is 9.03. The molecule has 2 unspecified atom stereocenters. The third kappa shape index (κ3) is 2.94. The maximum Gasteiger partial charge on any atom is 0.307 e. The highest BCUT2D eigenvalue weighted by Crippen LogP contribution is 2.29. The molecule has 1 aromatic rings. The van der Waals surface area contributed by atoms with E-state index in [-0.39, 0.29) is 24.4 Å². The number of carboxylic acid groups (broad SMARTS) is 1. The number of carbonyl (C=O) groups excluding carboxylic acids is 1. The molecule has 0 saturated carbocycles. The zero-order valence-electron chi connectivity index (χ0n) is 11.9. The number of aliphatic carboxylic acids is 1. The van der Waals surface area contributed by atoms with Crippen molar-refractivity contribution in [2.24, 2.45) is 5.92 Å². The van der Waals surface area contributed by atoms with Crippen LogP contribution in [0.3, 0.4) is 0 Å². The van der Waals surface area contributed by atoms with E-state index in [1.165, 1.54) is 11.0 Å². The van der Waals surface area contributed by atoms with Crippen molar-refractivity contribution < 1.29 is 19.1 Å². The third-order valence-electron chi connectivity index (χ3n) is 4.33. The number of nitrogens with zero attached hydrogens (tertiary/aromatic N) is 2. The number of carboxylic acids is 1. The minimum atomic E-state index is -0.811. The van der Waals surface area contributed by atoms with Crippen molar-refractivity contribution in [1.29, 1.82) is 0 Å². The van der Waals surface area contributed by atoms with Crippen LogP contribution in [0.15, 0.2) is 24.3 Å². The van der Waals surface area contributed by atoms with Gasteiger partial charge < -0.3 is 10.0 Å². The molecule has 0 radical (unpaired) electrons. The predicted octanol–water partition coefficient (Wildman–Crippen LogP) is 1.76. The Morgan fingerprint density at radius 1 is 1.23 bits per heavy atom. The Bertz CT molecular complexity index is 584. The summed E-state index contributed by atoms with van der Waals surface area (Å²) in [6.45, 7) is 1.48. The fourth-order valence-corrected chi connectivity index (χ4v) is 3.19. The molecule has 2 atom stereocenters. The molecule has 7 heteroatoms. The minimum Gasteiger partial charge on any atom is -0.481 e. The van der Waals surface area contributed by atoms with Gasteiger partial charge in [-0.15, -0.1) is 12.4 Å². The normalized spacial score (nSPS) is 25.3. The predicted molar refractivity (Wildman–Crippen MR) is 81.7 cm³/mol. The molecule has 0 aliphatic carbocycles. The quantitative estimate of drug-likeness (QED) is 0.918. The lowest BCUT2D eigenvalue weighted by molar-refractivity contribution is -0.141. The smallest absolute Gasteiger partial charge is 0.307 e. The summed E-state index contributed by atoms with van der Waals surface area (Å²) < 4.78 is 13.8. The largest absolute Gasteiger partial charge is 0.481 e. The van der Waals surface area contributed by atoms with E-state index in [0.717, 1.165) is 0 Å². The number of amides is 1. The highest BCUT2D eigenvalue weighted by atomic mass is 35.5. The molecule has 2 fully saturated rings. The van der Waals surface area contributed by atoms with Crippen LogP contribution in [0.5, 0.6) is 0 Å². The summed E-state index contributed by atoms with van der Waals surface area (Å²) >= 11 is 0. The summed E-state index contributed by atoms with van der Waals surface area (Å²) in [5.74, 6) is -1.75. The highest BCUT2D eigenvalue weighted by molar-refractivity contribution is 5.99. The molecule has 1 amide bonds. The SMILES string of the molecule is Cl.O=C(O)C1CCN(C2CCN(c3ccccc3F)C2=O)C1.